The molecule has 2 N–H and O–H groups in total. The second-order valence-electron chi connectivity index (χ2n) is 10.5. The Kier molecular flexibility index (Phi) is 5.42. The van der Waals surface area contributed by atoms with Gasteiger partial charge in [0.25, 0.3) is 5.92 Å². The second-order valence-corrected chi connectivity index (χ2v) is 10.5. The topological polar surface area (TPSA) is 70.5 Å². The summed E-state index contributed by atoms with van der Waals surface area (Å²) in [5, 5.41) is 13.3. The molecule has 0 bridgehead atoms. The molecule has 0 saturated carbocycles. The van der Waals surface area contributed by atoms with Crippen molar-refractivity contribution in [2.75, 3.05) is 43.1 Å². The van der Waals surface area contributed by atoms with Crippen LogP contribution >= 0.6 is 0 Å². The maximum Gasteiger partial charge on any atom is 0.298 e. The third kappa shape index (κ3) is 3.71. The molecule has 9 heteroatoms. The van der Waals surface area contributed by atoms with Crippen LogP contribution < -0.4 is 10.2 Å². The summed E-state index contributed by atoms with van der Waals surface area (Å²) in [7, 11) is 0. The highest BCUT2D eigenvalue weighted by molar-refractivity contribution is 5.96. The SMILES string of the molecule is Cc1nc(N[C@H](C)c2ccc(F)c(C(F)(F)CO)c2)c2cc(N3CC4(COC4)C3)c3c(c2n1)CCC3. The van der Waals surface area contributed by atoms with E-state index in [1.807, 2.05) is 13.8 Å². The molecule has 3 heterocycles. The number of aliphatic hydroxyl groups is 1. The standard InChI is InChI=1S/C27H29F3N4O2/c1-15(17-6-7-22(28)21(8-17)27(29,30)12-35)31-25-20-9-23(34-10-26(11-34)13-36-14-26)18-4-3-5-19(18)24(20)32-16(2)33-25/h6-9,15,35H,3-5,10-14H2,1-2H3,(H,31,32,33)/t15-/m1/s1. The molecule has 2 aromatic carbocycles. The third-order valence-corrected chi connectivity index (χ3v) is 7.80. The van der Waals surface area contributed by atoms with Crippen LogP contribution in [0.2, 0.25) is 0 Å². The first-order valence-corrected chi connectivity index (χ1v) is 12.4. The molecule has 1 aliphatic carbocycles. The lowest BCUT2D eigenvalue weighted by atomic mass is 9.77. The lowest BCUT2D eigenvalue weighted by Crippen LogP contribution is -2.66. The predicted octanol–water partition coefficient (Wildman–Crippen LogP) is 4.66. The van der Waals surface area contributed by atoms with E-state index in [0.29, 0.717) is 17.2 Å². The molecule has 2 aliphatic heterocycles. The molecule has 2 saturated heterocycles. The molecule has 6 nitrogen and oxygen atoms in total. The number of nitrogens with zero attached hydrogens (tertiary/aromatic N) is 3. The normalized spacial score (nSPS) is 19.2. The van der Waals surface area contributed by atoms with Gasteiger partial charge in [0.15, 0.2) is 0 Å². The van der Waals surface area contributed by atoms with E-state index in [-0.39, 0.29) is 5.41 Å². The van der Waals surface area contributed by atoms with Crippen LogP contribution in [-0.2, 0) is 23.5 Å². The number of hydrogen-bond donors (Lipinski definition) is 2. The summed E-state index contributed by atoms with van der Waals surface area (Å²) < 4.78 is 47.8. The van der Waals surface area contributed by atoms with Crippen molar-refractivity contribution in [3.63, 3.8) is 0 Å². The van der Waals surface area contributed by atoms with Crippen molar-refractivity contribution < 1.29 is 23.0 Å². The molecule has 1 spiro atoms. The van der Waals surface area contributed by atoms with Crippen LogP contribution in [0, 0.1) is 18.2 Å². The van der Waals surface area contributed by atoms with E-state index < -0.39 is 30.0 Å². The fraction of sp³-hybridized carbons (Fsp3) is 0.481. The van der Waals surface area contributed by atoms with Crippen molar-refractivity contribution in [1.82, 2.24) is 9.97 Å². The molecule has 3 aliphatic rings. The fourth-order valence-corrected chi connectivity index (χ4v) is 5.82. The Bertz CT molecular complexity index is 1350. The molecule has 190 valence electrons. The van der Waals surface area contributed by atoms with Gasteiger partial charge in [-0.05, 0) is 68.0 Å². The van der Waals surface area contributed by atoms with Crippen LogP contribution in [0.15, 0.2) is 24.3 Å². The van der Waals surface area contributed by atoms with Gasteiger partial charge in [0.1, 0.15) is 24.1 Å². The number of halogens is 3. The first-order chi connectivity index (χ1) is 17.2. The molecule has 36 heavy (non-hydrogen) atoms. The Labute approximate surface area is 207 Å². The van der Waals surface area contributed by atoms with E-state index in [1.54, 1.807) is 0 Å². The lowest BCUT2D eigenvalue weighted by Gasteiger charge is -2.56. The summed E-state index contributed by atoms with van der Waals surface area (Å²) in [4.78, 5) is 11.9. The first-order valence-electron chi connectivity index (χ1n) is 12.4. The minimum atomic E-state index is -3.66. The Hall–Kier alpha value is -2.91. The molecular formula is C27H29F3N4O2. The number of ether oxygens (including phenoxy) is 1. The van der Waals surface area contributed by atoms with Gasteiger partial charge in [-0.15, -0.1) is 0 Å². The number of benzene rings is 2. The first kappa shape index (κ1) is 23.5. The zero-order valence-electron chi connectivity index (χ0n) is 20.4. The highest BCUT2D eigenvalue weighted by Gasteiger charge is 2.49. The van der Waals surface area contributed by atoms with Crippen molar-refractivity contribution in [2.45, 2.75) is 45.1 Å². The van der Waals surface area contributed by atoms with Crippen LogP contribution in [0.4, 0.5) is 24.7 Å². The zero-order valence-corrected chi connectivity index (χ0v) is 20.4. The number of nitrogens with one attached hydrogen (secondary N) is 1. The summed E-state index contributed by atoms with van der Waals surface area (Å²) in [5.74, 6) is -3.45. The van der Waals surface area contributed by atoms with E-state index in [9.17, 15) is 13.2 Å². The molecule has 0 radical (unpaired) electrons. The number of rotatable bonds is 6. The van der Waals surface area contributed by atoms with Gasteiger partial charge in [-0.25, -0.2) is 14.4 Å². The van der Waals surface area contributed by atoms with Crippen LogP contribution in [0.5, 0.6) is 0 Å². The number of aromatic nitrogens is 2. The molecule has 1 atom stereocenters. The Balaban J connectivity index is 1.38. The van der Waals surface area contributed by atoms with Crippen molar-refractivity contribution in [2.24, 2.45) is 5.41 Å². The van der Waals surface area contributed by atoms with Gasteiger partial charge in [-0.2, -0.15) is 8.78 Å². The van der Waals surface area contributed by atoms with Crippen molar-refractivity contribution in [1.29, 1.82) is 0 Å². The van der Waals surface area contributed by atoms with Gasteiger partial charge in [-0.3, -0.25) is 0 Å². The number of hydrogen-bond acceptors (Lipinski definition) is 6. The van der Waals surface area contributed by atoms with Gasteiger partial charge in [0.2, 0.25) is 0 Å². The number of fused-ring (bicyclic) bond motifs is 3. The Morgan fingerprint density at radius 1 is 1.17 bits per heavy atom. The monoisotopic (exact) mass is 498 g/mol. The van der Waals surface area contributed by atoms with E-state index in [4.69, 9.17) is 14.8 Å². The molecule has 0 unspecified atom stereocenters. The van der Waals surface area contributed by atoms with Crippen molar-refractivity contribution >= 4 is 22.4 Å². The minimum absolute atomic E-state index is 0.288. The summed E-state index contributed by atoms with van der Waals surface area (Å²) in [6.45, 7) is 5.81. The molecule has 6 rings (SSSR count). The lowest BCUT2D eigenvalue weighted by molar-refractivity contribution is -0.127. The van der Waals surface area contributed by atoms with Gasteiger partial charge >= 0.3 is 0 Å². The molecular weight excluding hydrogens is 469 g/mol. The molecule has 2 fully saturated rings. The molecule has 3 aromatic rings. The van der Waals surface area contributed by atoms with E-state index >= 15 is 0 Å². The molecule has 0 amide bonds. The average Bonchev–Trinajstić information content (AvgIpc) is 3.28. The second kappa shape index (κ2) is 8.31. The Morgan fingerprint density at radius 2 is 1.92 bits per heavy atom. The van der Waals surface area contributed by atoms with Crippen molar-refractivity contribution in [3.8, 4) is 0 Å². The summed E-state index contributed by atoms with van der Waals surface area (Å²) >= 11 is 0. The number of aliphatic hydroxyl groups excluding tert-OH is 1. The fourth-order valence-electron chi connectivity index (χ4n) is 5.82. The van der Waals surface area contributed by atoms with Crippen LogP contribution in [0.3, 0.4) is 0 Å². The summed E-state index contributed by atoms with van der Waals surface area (Å²) in [6.07, 6.45) is 3.08. The van der Waals surface area contributed by atoms with E-state index in [2.05, 4.69) is 21.3 Å². The largest absolute Gasteiger partial charge is 0.390 e. The van der Waals surface area contributed by atoms with Gasteiger partial charge in [-0.1, -0.05) is 6.07 Å². The highest BCUT2D eigenvalue weighted by atomic mass is 19.3. The average molecular weight is 499 g/mol. The summed E-state index contributed by atoms with van der Waals surface area (Å²) in [5.41, 5.74) is 4.73. The Morgan fingerprint density at radius 3 is 2.61 bits per heavy atom. The maximum atomic E-state index is 14.1. The number of aryl methyl sites for hydroxylation is 2. The number of alkyl halides is 2. The predicted molar refractivity (Wildman–Crippen MR) is 131 cm³/mol. The maximum absolute atomic E-state index is 14.1. The van der Waals surface area contributed by atoms with Crippen LogP contribution in [0.1, 0.15) is 47.5 Å². The molecule has 1 aromatic heterocycles. The minimum Gasteiger partial charge on any atom is -0.390 e. The van der Waals surface area contributed by atoms with Crippen LogP contribution in [-0.4, -0.2) is 48.0 Å². The van der Waals surface area contributed by atoms with Gasteiger partial charge in [0, 0.05) is 30.2 Å². The van der Waals surface area contributed by atoms with E-state index in [1.165, 1.54) is 22.9 Å². The zero-order chi connectivity index (χ0) is 25.2. The van der Waals surface area contributed by atoms with Crippen LogP contribution in [0.25, 0.3) is 10.9 Å². The number of anilines is 2. The van der Waals surface area contributed by atoms with E-state index in [0.717, 1.165) is 68.6 Å². The van der Waals surface area contributed by atoms with Gasteiger partial charge < -0.3 is 20.1 Å². The third-order valence-electron chi connectivity index (χ3n) is 7.80. The smallest absolute Gasteiger partial charge is 0.298 e. The van der Waals surface area contributed by atoms with Gasteiger partial charge in [0.05, 0.1) is 29.7 Å². The summed E-state index contributed by atoms with van der Waals surface area (Å²) in [6, 6.07) is 5.33. The van der Waals surface area contributed by atoms with Crippen molar-refractivity contribution in [3.05, 3.63) is 58.2 Å². The highest BCUT2D eigenvalue weighted by Crippen LogP contribution is 2.46. The quantitative estimate of drug-likeness (QED) is 0.515.